The summed E-state index contributed by atoms with van der Waals surface area (Å²) in [6, 6.07) is 22.2. The Hall–Kier alpha value is -3.54. The molecule has 0 unspecified atom stereocenters. The molecule has 0 bridgehead atoms. The monoisotopic (exact) mass is 364 g/mol. The van der Waals surface area contributed by atoms with Crippen LogP contribution in [0.2, 0.25) is 0 Å². The highest BCUT2D eigenvalue weighted by molar-refractivity contribution is 5.92. The van der Waals surface area contributed by atoms with Gasteiger partial charge in [-0.05, 0) is 36.2 Å². The van der Waals surface area contributed by atoms with Crippen LogP contribution in [-0.2, 0) is 17.8 Å². The Morgan fingerprint density at radius 1 is 0.852 bits per heavy atom. The fraction of sp³-hybridized carbons (Fsp3) is 0.143. The smallest absolute Gasteiger partial charge is 0.305 e. The van der Waals surface area contributed by atoms with Crippen molar-refractivity contribution in [2.75, 3.05) is 0 Å². The summed E-state index contributed by atoms with van der Waals surface area (Å²) in [5.41, 5.74) is 5.80. The summed E-state index contributed by atoms with van der Waals surface area (Å²) in [5, 5.41) is 0. The van der Waals surface area contributed by atoms with E-state index in [0.29, 0.717) is 17.9 Å². The third-order valence-corrected chi connectivity index (χ3v) is 3.81. The molecule has 0 saturated heterocycles. The largest absolute Gasteiger partial charge is 0.486 e. The summed E-state index contributed by atoms with van der Waals surface area (Å²) in [6.45, 7) is 0.209. The zero-order valence-corrected chi connectivity index (χ0v) is 14.7. The van der Waals surface area contributed by atoms with Crippen LogP contribution in [-0.4, -0.2) is 11.8 Å². The van der Waals surface area contributed by atoms with Crippen molar-refractivity contribution in [3.63, 3.8) is 0 Å². The van der Waals surface area contributed by atoms with E-state index in [9.17, 15) is 9.59 Å². The van der Waals surface area contributed by atoms with Gasteiger partial charge in [-0.1, -0.05) is 48.5 Å². The molecule has 138 valence electrons. The number of amides is 2. The normalized spacial score (nSPS) is 10.2. The van der Waals surface area contributed by atoms with Crippen molar-refractivity contribution in [3.8, 4) is 5.75 Å². The van der Waals surface area contributed by atoms with Gasteiger partial charge in [0.25, 0.3) is 0 Å². The molecule has 27 heavy (non-hydrogen) atoms. The third kappa shape index (κ3) is 5.74. The predicted octanol–water partition coefficient (Wildman–Crippen LogP) is 3.25. The summed E-state index contributed by atoms with van der Waals surface area (Å²) in [6.07, 6.45) is 0.878. The first-order valence-corrected chi connectivity index (χ1v) is 8.60. The summed E-state index contributed by atoms with van der Waals surface area (Å²) < 4.78 is 11.0. The number of carbonyl (C=O) groups is 2. The van der Waals surface area contributed by atoms with Crippen LogP contribution in [0.1, 0.15) is 28.3 Å². The molecule has 2 aromatic carbocycles. The van der Waals surface area contributed by atoms with Crippen LogP contribution in [0, 0.1) is 0 Å². The molecule has 0 spiro atoms. The van der Waals surface area contributed by atoms with E-state index in [2.05, 4.69) is 10.9 Å². The molecule has 0 fully saturated rings. The highest BCUT2D eigenvalue weighted by Gasteiger charge is 2.12. The molecule has 0 aliphatic heterocycles. The van der Waals surface area contributed by atoms with Gasteiger partial charge in [-0.15, -0.1) is 0 Å². The first kappa shape index (κ1) is 18.3. The van der Waals surface area contributed by atoms with E-state index in [1.807, 2.05) is 60.7 Å². The van der Waals surface area contributed by atoms with Crippen LogP contribution in [0.4, 0.5) is 0 Å². The van der Waals surface area contributed by atoms with Gasteiger partial charge in [0, 0.05) is 6.42 Å². The van der Waals surface area contributed by atoms with Crippen LogP contribution >= 0.6 is 0 Å². The van der Waals surface area contributed by atoms with Gasteiger partial charge in [-0.25, -0.2) is 0 Å². The van der Waals surface area contributed by atoms with Crippen LogP contribution in [0.5, 0.6) is 5.75 Å². The highest BCUT2D eigenvalue weighted by atomic mass is 16.5. The second-order valence-corrected chi connectivity index (χ2v) is 5.86. The van der Waals surface area contributed by atoms with Crippen molar-refractivity contribution in [1.82, 2.24) is 10.9 Å². The van der Waals surface area contributed by atoms with Crippen molar-refractivity contribution in [2.45, 2.75) is 19.4 Å². The quantitative estimate of drug-likeness (QED) is 0.631. The summed E-state index contributed by atoms with van der Waals surface area (Å²) in [4.78, 5) is 23.9. The fourth-order valence-electron chi connectivity index (χ4n) is 2.40. The number of nitrogens with one attached hydrogen (secondary N) is 2. The minimum atomic E-state index is -0.519. The number of hydrogen-bond acceptors (Lipinski definition) is 4. The Balaban J connectivity index is 1.41. The lowest BCUT2D eigenvalue weighted by Gasteiger charge is -2.06. The Morgan fingerprint density at radius 2 is 1.56 bits per heavy atom. The number of hydrogen-bond donors (Lipinski definition) is 2. The number of rotatable bonds is 7. The molecule has 0 aliphatic rings. The number of para-hydroxylation sites is 1. The maximum Gasteiger partial charge on any atom is 0.305 e. The highest BCUT2D eigenvalue weighted by Crippen LogP contribution is 2.13. The van der Waals surface area contributed by atoms with E-state index in [1.54, 1.807) is 6.07 Å². The molecule has 2 amide bonds. The molecular weight excluding hydrogens is 344 g/mol. The number of carbonyl (C=O) groups excluding carboxylic acids is 2. The standard InChI is InChI=1S/C21H20N2O4/c24-20(14-11-16-7-3-1-4-8-16)22-23-21(25)19-13-12-18(27-19)15-26-17-9-5-2-6-10-17/h1-10,12-13H,11,14-15H2,(H,22,24)(H,23,25). The average Bonchev–Trinajstić information content (AvgIpc) is 3.20. The second kappa shape index (κ2) is 9.24. The predicted molar refractivity (Wildman–Crippen MR) is 99.9 cm³/mol. The Labute approximate surface area is 157 Å². The van der Waals surface area contributed by atoms with Crippen molar-refractivity contribution in [1.29, 1.82) is 0 Å². The van der Waals surface area contributed by atoms with Gasteiger partial charge in [0.05, 0.1) is 0 Å². The lowest BCUT2D eigenvalue weighted by Crippen LogP contribution is -2.41. The number of benzene rings is 2. The first-order valence-electron chi connectivity index (χ1n) is 8.60. The molecule has 6 heteroatoms. The van der Waals surface area contributed by atoms with E-state index < -0.39 is 5.91 Å². The molecule has 3 rings (SSSR count). The minimum absolute atomic E-state index is 0.102. The third-order valence-electron chi connectivity index (χ3n) is 3.81. The number of ether oxygens (including phenoxy) is 1. The van der Waals surface area contributed by atoms with Crippen LogP contribution < -0.4 is 15.6 Å². The number of furan rings is 1. The lowest BCUT2D eigenvalue weighted by atomic mass is 10.1. The molecule has 0 saturated carbocycles. The molecule has 0 aliphatic carbocycles. The average molecular weight is 364 g/mol. The summed E-state index contributed by atoms with van der Waals surface area (Å²) in [5.74, 6) is 0.537. The van der Waals surface area contributed by atoms with E-state index in [1.165, 1.54) is 6.07 Å². The van der Waals surface area contributed by atoms with E-state index >= 15 is 0 Å². The summed E-state index contributed by atoms with van der Waals surface area (Å²) >= 11 is 0. The fourth-order valence-corrected chi connectivity index (χ4v) is 2.40. The minimum Gasteiger partial charge on any atom is -0.486 e. The first-order chi connectivity index (χ1) is 13.2. The molecule has 0 atom stereocenters. The van der Waals surface area contributed by atoms with Gasteiger partial charge in [-0.2, -0.15) is 0 Å². The Bertz CT molecular complexity index is 875. The zero-order valence-electron chi connectivity index (χ0n) is 14.7. The maximum absolute atomic E-state index is 12.1. The Morgan fingerprint density at radius 3 is 2.30 bits per heavy atom. The Kier molecular flexibility index (Phi) is 6.25. The lowest BCUT2D eigenvalue weighted by molar-refractivity contribution is -0.121. The van der Waals surface area contributed by atoms with E-state index in [4.69, 9.17) is 9.15 Å². The van der Waals surface area contributed by atoms with Gasteiger partial charge < -0.3 is 9.15 Å². The van der Waals surface area contributed by atoms with Gasteiger partial charge in [0.2, 0.25) is 5.91 Å². The molecule has 2 N–H and O–H groups in total. The zero-order chi connectivity index (χ0) is 18.9. The van der Waals surface area contributed by atoms with Gasteiger partial charge >= 0.3 is 5.91 Å². The van der Waals surface area contributed by atoms with Crippen molar-refractivity contribution in [3.05, 3.63) is 89.9 Å². The van der Waals surface area contributed by atoms with Crippen LogP contribution in [0.25, 0.3) is 0 Å². The number of aryl methyl sites for hydroxylation is 1. The van der Waals surface area contributed by atoms with Crippen LogP contribution in [0.15, 0.2) is 77.2 Å². The molecular formula is C21H20N2O4. The van der Waals surface area contributed by atoms with Crippen molar-refractivity contribution >= 4 is 11.8 Å². The SMILES string of the molecule is O=C(CCc1ccccc1)NNC(=O)c1ccc(COc2ccccc2)o1. The molecule has 6 nitrogen and oxygen atoms in total. The molecule has 1 aromatic heterocycles. The van der Waals surface area contributed by atoms with Crippen molar-refractivity contribution in [2.24, 2.45) is 0 Å². The number of hydrazine groups is 1. The van der Waals surface area contributed by atoms with Crippen molar-refractivity contribution < 1.29 is 18.7 Å². The topological polar surface area (TPSA) is 80.6 Å². The maximum atomic E-state index is 12.1. The molecule has 1 heterocycles. The van der Waals surface area contributed by atoms with Gasteiger partial charge in [-0.3, -0.25) is 20.4 Å². The molecule has 3 aromatic rings. The van der Waals surface area contributed by atoms with E-state index in [-0.39, 0.29) is 24.7 Å². The second-order valence-electron chi connectivity index (χ2n) is 5.86. The van der Waals surface area contributed by atoms with Crippen LogP contribution in [0.3, 0.4) is 0 Å². The van der Waals surface area contributed by atoms with Gasteiger partial charge in [0.15, 0.2) is 5.76 Å². The molecule has 0 radical (unpaired) electrons. The van der Waals surface area contributed by atoms with E-state index in [0.717, 1.165) is 5.56 Å². The van der Waals surface area contributed by atoms with Gasteiger partial charge in [0.1, 0.15) is 18.1 Å². The summed E-state index contributed by atoms with van der Waals surface area (Å²) in [7, 11) is 0.